The summed E-state index contributed by atoms with van der Waals surface area (Å²) < 4.78 is 0. The molecule has 6 heteroatoms. The van der Waals surface area contributed by atoms with Gasteiger partial charge in [0.2, 0.25) is 0 Å². The van der Waals surface area contributed by atoms with E-state index >= 15 is 0 Å². The Hall–Kier alpha value is -3.51. The largest absolute Gasteiger partial charge is 0.480 e. The second-order valence-electron chi connectivity index (χ2n) is 6.77. The Labute approximate surface area is 169 Å². The number of amides is 1. The van der Waals surface area contributed by atoms with E-state index in [0.29, 0.717) is 18.5 Å². The van der Waals surface area contributed by atoms with Gasteiger partial charge in [-0.25, -0.2) is 0 Å². The Kier molecular flexibility index (Phi) is 6.71. The van der Waals surface area contributed by atoms with Crippen molar-refractivity contribution in [1.29, 1.82) is 0 Å². The molecule has 29 heavy (non-hydrogen) atoms. The average molecular weight is 389 g/mol. The lowest BCUT2D eigenvalue weighted by Crippen LogP contribution is -2.32. The highest BCUT2D eigenvalue weighted by atomic mass is 16.4. The highest BCUT2D eigenvalue weighted by Crippen LogP contribution is 2.16. The van der Waals surface area contributed by atoms with E-state index in [1.165, 1.54) is 0 Å². The molecule has 6 nitrogen and oxygen atoms in total. The van der Waals surface area contributed by atoms with E-state index in [9.17, 15) is 9.59 Å². The van der Waals surface area contributed by atoms with Crippen molar-refractivity contribution < 1.29 is 14.7 Å². The molecule has 1 atom stereocenters. The third-order valence-corrected chi connectivity index (χ3v) is 4.58. The molecule has 4 N–H and O–H groups in total. The minimum absolute atomic E-state index is 0.173. The molecule has 1 aromatic heterocycles. The number of carbonyl (C=O) groups is 2. The monoisotopic (exact) mass is 389 g/mol. The van der Waals surface area contributed by atoms with Crippen molar-refractivity contribution >= 4 is 11.9 Å². The highest BCUT2D eigenvalue weighted by molar-refractivity contribution is 5.94. The summed E-state index contributed by atoms with van der Waals surface area (Å²) in [5.74, 6) is -1.22. The van der Waals surface area contributed by atoms with Crippen LogP contribution in [0.5, 0.6) is 0 Å². The lowest BCUT2D eigenvalue weighted by molar-refractivity contribution is -0.138. The van der Waals surface area contributed by atoms with Gasteiger partial charge in [0.1, 0.15) is 6.04 Å². The number of nitrogens with zero attached hydrogens (tertiary/aromatic N) is 1. The third-order valence-electron chi connectivity index (χ3n) is 4.58. The Morgan fingerprint density at radius 3 is 2.28 bits per heavy atom. The zero-order valence-electron chi connectivity index (χ0n) is 15.9. The van der Waals surface area contributed by atoms with Gasteiger partial charge in [0.15, 0.2) is 0 Å². The minimum Gasteiger partial charge on any atom is -0.480 e. The zero-order valence-corrected chi connectivity index (χ0v) is 15.9. The molecule has 3 aromatic rings. The van der Waals surface area contributed by atoms with E-state index in [4.69, 9.17) is 10.8 Å². The van der Waals surface area contributed by atoms with E-state index in [2.05, 4.69) is 10.3 Å². The van der Waals surface area contributed by atoms with Crippen molar-refractivity contribution in [3.8, 4) is 11.3 Å². The summed E-state index contributed by atoms with van der Waals surface area (Å²) in [6.07, 6.45) is 2.73. The molecule has 0 unspecified atom stereocenters. The predicted molar refractivity (Wildman–Crippen MR) is 111 cm³/mol. The lowest BCUT2D eigenvalue weighted by atomic mass is 10.0. The number of nitrogens with two attached hydrogens (primary N) is 1. The van der Waals surface area contributed by atoms with Crippen LogP contribution in [-0.4, -0.2) is 34.6 Å². The van der Waals surface area contributed by atoms with Gasteiger partial charge in [-0.2, -0.15) is 0 Å². The molecule has 0 bridgehead atoms. The van der Waals surface area contributed by atoms with Crippen LogP contribution in [0.25, 0.3) is 11.3 Å². The van der Waals surface area contributed by atoms with Crippen molar-refractivity contribution in [2.24, 2.45) is 5.73 Å². The summed E-state index contributed by atoms with van der Waals surface area (Å²) in [6.45, 7) is 0.497. The maximum absolute atomic E-state index is 12.3. The van der Waals surface area contributed by atoms with Crippen LogP contribution in [0.1, 0.15) is 21.5 Å². The first-order chi connectivity index (χ1) is 14.0. The molecule has 0 fully saturated rings. The number of aromatic nitrogens is 1. The quantitative estimate of drug-likeness (QED) is 0.549. The van der Waals surface area contributed by atoms with Gasteiger partial charge < -0.3 is 16.2 Å². The van der Waals surface area contributed by atoms with E-state index in [1.807, 2.05) is 48.7 Å². The molecule has 0 saturated heterocycles. The molecule has 1 heterocycles. The summed E-state index contributed by atoms with van der Waals surface area (Å²) in [6, 6.07) is 19.8. The number of pyridine rings is 1. The SMILES string of the molecule is N[C@@H](Cc1ccc(C(=O)NCCc2ccc(-c3ccccc3)nc2)cc1)C(=O)O. The summed E-state index contributed by atoms with van der Waals surface area (Å²) >= 11 is 0. The molecule has 0 aliphatic heterocycles. The van der Waals surface area contributed by atoms with Crippen molar-refractivity contribution in [2.75, 3.05) is 6.54 Å². The Morgan fingerprint density at radius 1 is 0.966 bits per heavy atom. The number of benzene rings is 2. The number of rotatable bonds is 8. The van der Waals surface area contributed by atoms with Gasteiger partial charge in [-0.15, -0.1) is 0 Å². The van der Waals surface area contributed by atoms with E-state index in [1.54, 1.807) is 24.3 Å². The first kappa shape index (κ1) is 20.2. The summed E-state index contributed by atoms with van der Waals surface area (Å²) in [5.41, 5.74) is 9.86. The van der Waals surface area contributed by atoms with Gasteiger partial charge in [-0.3, -0.25) is 14.6 Å². The average Bonchev–Trinajstić information content (AvgIpc) is 2.75. The van der Waals surface area contributed by atoms with Crippen LogP contribution in [0.2, 0.25) is 0 Å². The van der Waals surface area contributed by atoms with Gasteiger partial charge in [-0.1, -0.05) is 48.5 Å². The number of carbonyl (C=O) groups excluding carboxylic acids is 1. The maximum atomic E-state index is 12.3. The van der Waals surface area contributed by atoms with Crippen LogP contribution >= 0.6 is 0 Å². The summed E-state index contributed by atoms with van der Waals surface area (Å²) in [7, 11) is 0. The molecule has 148 valence electrons. The standard InChI is InChI=1S/C23H23N3O3/c24-20(23(28)29)14-16-6-9-19(10-7-16)22(27)25-13-12-17-8-11-21(26-15-17)18-4-2-1-3-5-18/h1-11,15,20H,12-14,24H2,(H,25,27)(H,28,29)/t20-/m0/s1. The Morgan fingerprint density at radius 2 is 1.66 bits per heavy atom. The van der Waals surface area contributed by atoms with Crippen LogP contribution in [0.15, 0.2) is 72.9 Å². The third kappa shape index (κ3) is 5.73. The van der Waals surface area contributed by atoms with Gasteiger partial charge >= 0.3 is 5.97 Å². The molecule has 0 aliphatic carbocycles. The number of nitrogens with one attached hydrogen (secondary N) is 1. The maximum Gasteiger partial charge on any atom is 0.320 e. The van der Waals surface area contributed by atoms with Crippen molar-refractivity contribution in [2.45, 2.75) is 18.9 Å². The molecule has 0 saturated carbocycles. The molecule has 1 amide bonds. The fourth-order valence-electron chi connectivity index (χ4n) is 2.91. The summed E-state index contributed by atoms with van der Waals surface area (Å²) in [4.78, 5) is 27.6. The highest BCUT2D eigenvalue weighted by Gasteiger charge is 2.12. The smallest absolute Gasteiger partial charge is 0.320 e. The van der Waals surface area contributed by atoms with Crippen molar-refractivity contribution in [1.82, 2.24) is 10.3 Å². The normalized spacial score (nSPS) is 11.6. The first-order valence-corrected chi connectivity index (χ1v) is 9.39. The molecule has 0 radical (unpaired) electrons. The molecule has 0 spiro atoms. The Balaban J connectivity index is 1.49. The van der Waals surface area contributed by atoms with Gasteiger partial charge in [-0.05, 0) is 42.2 Å². The zero-order chi connectivity index (χ0) is 20.6. The molecule has 0 aliphatic rings. The summed E-state index contributed by atoms with van der Waals surface area (Å²) in [5, 5.41) is 11.7. The van der Waals surface area contributed by atoms with Crippen LogP contribution < -0.4 is 11.1 Å². The van der Waals surface area contributed by atoms with Gasteiger partial charge in [0, 0.05) is 23.9 Å². The predicted octanol–water partition coefficient (Wildman–Crippen LogP) is 2.68. The van der Waals surface area contributed by atoms with E-state index in [-0.39, 0.29) is 12.3 Å². The fraction of sp³-hybridized carbons (Fsp3) is 0.174. The van der Waals surface area contributed by atoms with E-state index < -0.39 is 12.0 Å². The van der Waals surface area contributed by atoms with Crippen molar-refractivity contribution in [3.63, 3.8) is 0 Å². The fourth-order valence-corrected chi connectivity index (χ4v) is 2.91. The molecular weight excluding hydrogens is 366 g/mol. The van der Waals surface area contributed by atoms with Crippen LogP contribution in [0.3, 0.4) is 0 Å². The van der Waals surface area contributed by atoms with Gasteiger partial charge in [0.05, 0.1) is 5.69 Å². The number of carboxylic acids is 1. The van der Waals surface area contributed by atoms with Gasteiger partial charge in [0.25, 0.3) is 5.91 Å². The molecular formula is C23H23N3O3. The second-order valence-corrected chi connectivity index (χ2v) is 6.77. The number of carboxylic acid groups (broad SMARTS) is 1. The van der Waals surface area contributed by atoms with Crippen molar-refractivity contribution in [3.05, 3.63) is 89.6 Å². The number of hydrogen-bond donors (Lipinski definition) is 3. The topological polar surface area (TPSA) is 105 Å². The first-order valence-electron chi connectivity index (χ1n) is 9.39. The molecule has 2 aromatic carbocycles. The molecule has 3 rings (SSSR count). The van der Waals surface area contributed by atoms with E-state index in [0.717, 1.165) is 22.4 Å². The number of hydrogen-bond acceptors (Lipinski definition) is 4. The van der Waals surface area contributed by atoms with Crippen LogP contribution in [0, 0.1) is 0 Å². The van der Waals surface area contributed by atoms with Crippen LogP contribution in [0.4, 0.5) is 0 Å². The second kappa shape index (κ2) is 9.61. The lowest BCUT2D eigenvalue weighted by Gasteiger charge is -2.08. The number of aliphatic carboxylic acids is 1. The minimum atomic E-state index is -1.04. The van der Waals surface area contributed by atoms with Crippen LogP contribution in [-0.2, 0) is 17.6 Å². The Bertz CT molecular complexity index is 955.